The summed E-state index contributed by atoms with van der Waals surface area (Å²) in [6.07, 6.45) is 0.947. The van der Waals surface area contributed by atoms with Crippen molar-refractivity contribution in [3.63, 3.8) is 0 Å². The van der Waals surface area contributed by atoms with E-state index in [-0.39, 0.29) is 23.8 Å². The first-order chi connectivity index (χ1) is 16.0. The fraction of sp³-hybridized carbons (Fsp3) is 0.240. The molecule has 0 radical (unpaired) electrons. The average molecular weight is 462 g/mol. The van der Waals surface area contributed by atoms with Gasteiger partial charge in [-0.3, -0.25) is 14.4 Å². The van der Waals surface area contributed by atoms with E-state index in [1.807, 2.05) is 29.6 Å². The first kappa shape index (κ1) is 21.2. The number of amides is 3. The van der Waals surface area contributed by atoms with Crippen LogP contribution >= 0.6 is 11.3 Å². The Balaban J connectivity index is 1.33. The summed E-state index contributed by atoms with van der Waals surface area (Å²) in [5.74, 6) is 0.0803. The monoisotopic (exact) mass is 461 g/mol. The number of fused-ring (bicyclic) bond motifs is 2. The number of rotatable bonds is 4. The Labute approximate surface area is 195 Å². The molecule has 2 unspecified atom stereocenters. The molecule has 1 fully saturated rings. The van der Waals surface area contributed by atoms with Crippen LogP contribution in [0.5, 0.6) is 5.75 Å². The normalized spacial score (nSPS) is 19.7. The summed E-state index contributed by atoms with van der Waals surface area (Å²) >= 11 is 1.60. The van der Waals surface area contributed by atoms with Gasteiger partial charge < -0.3 is 20.3 Å². The topological polar surface area (TPSA) is 87.7 Å². The highest BCUT2D eigenvalue weighted by atomic mass is 32.1. The summed E-state index contributed by atoms with van der Waals surface area (Å²) in [4.78, 5) is 41.8. The largest absolute Gasteiger partial charge is 0.497 e. The minimum Gasteiger partial charge on any atom is -0.497 e. The van der Waals surface area contributed by atoms with Gasteiger partial charge >= 0.3 is 0 Å². The highest BCUT2D eigenvalue weighted by Crippen LogP contribution is 2.33. The molecule has 1 saturated heterocycles. The van der Waals surface area contributed by atoms with Crippen LogP contribution in [0.25, 0.3) is 10.4 Å². The zero-order valence-corrected chi connectivity index (χ0v) is 18.9. The molecule has 0 aliphatic carbocycles. The van der Waals surface area contributed by atoms with Crippen LogP contribution in [0.3, 0.4) is 0 Å². The van der Waals surface area contributed by atoms with Crippen LogP contribution in [0.2, 0.25) is 0 Å². The van der Waals surface area contributed by atoms with Crippen molar-refractivity contribution < 1.29 is 19.1 Å². The number of nitrogens with one attached hydrogen (secondary N) is 2. The Hall–Kier alpha value is -3.65. The van der Waals surface area contributed by atoms with Crippen molar-refractivity contribution in [2.24, 2.45) is 0 Å². The molecule has 1 aromatic heterocycles. The first-order valence-electron chi connectivity index (χ1n) is 10.8. The third-order valence-electron chi connectivity index (χ3n) is 6.17. The molecule has 33 heavy (non-hydrogen) atoms. The van der Waals surface area contributed by atoms with Gasteiger partial charge in [0, 0.05) is 23.0 Å². The highest BCUT2D eigenvalue weighted by molar-refractivity contribution is 7.13. The molecule has 0 bridgehead atoms. The van der Waals surface area contributed by atoms with Crippen molar-refractivity contribution in [2.75, 3.05) is 19.0 Å². The zero-order valence-electron chi connectivity index (χ0n) is 18.0. The molecule has 7 nitrogen and oxygen atoms in total. The summed E-state index contributed by atoms with van der Waals surface area (Å²) < 4.78 is 5.13. The number of carbonyl (C=O) groups is 3. The fourth-order valence-electron chi connectivity index (χ4n) is 4.40. The Morgan fingerprint density at radius 3 is 2.70 bits per heavy atom. The quantitative estimate of drug-likeness (QED) is 0.619. The number of carbonyl (C=O) groups excluding carboxylic acids is 3. The lowest BCUT2D eigenvalue weighted by atomic mass is 9.95. The van der Waals surface area contributed by atoms with Gasteiger partial charge in [0.15, 0.2) is 0 Å². The molecule has 3 aromatic rings. The second kappa shape index (κ2) is 8.71. The van der Waals surface area contributed by atoms with E-state index in [0.717, 1.165) is 10.4 Å². The Bertz CT molecular complexity index is 1210. The third kappa shape index (κ3) is 4.09. The van der Waals surface area contributed by atoms with Gasteiger partial charge in [0.1, 0.15) is 11.8 Å². The van der Waals surface area contributed by atoms with Gasteiger partial charge in [0.05, 0.1) is 18.4 Å². The molecular weight excluding hydrogens is 438 g/mol. The number of methoxy groups -OCH3 is 1. The van der Waals surface area contributed by atoms with E-state index in [0.29, 0.717) is 42.0 Å². The number of hydrogen-bond acceptors (Lipinski definition) is 5. The van der Waals surface area contributed by atoms with E-state index >= 15 is 0 Å². The van der Waals surface area contributed by atoms with E-state index in [2.05, 4.69) is 10.6 Å². The van der Waals surface area contributed by atoms with E-state index in [9.17, 15) is 14.4 Å². The maximum absolute atomic E-state index is 13.4. The van der Waals surface area contributed by atoms with Crippen LogP contribution < -0.4 is 15.4 Å². The van der Waals surface area contributed by atoms with Gasteiger partial charge in [-0.1, -0.05) is 12.1 Å². The second-order valence-corrected chi connectivity index (χ2v) is 9.11. The van der Waals surface area contributed by atoms with E-state index in [1.54, 1.807) is 53.7 Å². The molecule has 5 rings (SSSR count). The van der Waals surface area contributed by atoms with Crippen molar-refractivity contribution >= 4 is 34.7 Å². The third-order valence-corrected chi connectivity index (χ3v) is 7.09. The Kier molecular flexibility index (Phi) is 5.60. The molecule has 3 amide bonds. The zero-order chi connectivity index (χ0) is 22.9. The predicted molar refractivity (Wildman–Crippen MR) is 127 cm³/mol. The number of thiophene rings is 1. The van der Waals surface area contributed by atoms with Crippen molar-refractivity contribution in [1.82, 2.24) is 10.2 Å². The summed E-state index contributed by atoms with van der Waals surface area (Å²) in [5.41, 5.74) is 2.50. The maximum atomic E-state index is 13.4. The summed E-state index contributed by atoms with van der Waals surface area (Å²) in [5, 5.41) is 7.92. The highest BCUT2D eigenvalue weighted by Gasteiger charge is 2.40. The van der Waals surface area contributed by atoms with Gasteiger partial charge in [-0.15, -0.1) is 11.3 Å². The molecule has 2 aliphatic rings. The van der Waals surface area contributed by atoms with Gasteiger partial charge in [-0.2, -0.15) is 0 Å². The molecule has 2 atom stereocenters. The lowest BCUT2D eigenvalue weighted by Gasteiger charge is -2.37. The lowest BCUT2D eigenvalue weighted by molar-refractivity contribution is -0.121. The maximum Gasteiger partial charge on any atom is 0.256 e. The van der Waals surface area contributed by atoms with E-state index < -0.39 is 6.04 Å². The number of piperidine rings is 1. The van der Waals surface area contributed by atoms with E-state index in [4.69, 9.17) is 4.74 Å². The van der Waals surface area contributed by atoms with Gasteiger partial charge in [0.2, 0.25) is 5.91 Å². The summed E-state index contributed by atoms with van der Waals surface area (Å²) in [7, 11) is 1.57. The number of hydrogen-bond donors (Lipinski definition) is 2. The molecule has 0 saturated carbocycles. The standard InChI is InChI=1S/C25H23N3O4S/c1-32-18-7-4-15(5-8-18)23(29)26-17-10-11-28-21(14-17)24(30)27-20-9-6-16(13-19(20)25(28)31)22-3-2-12-33-22/h2-9,12-13,17,21H,10-11,14H2,1H3,(H,26,29)(H,27,30). The molecule has 2 aromatic carbocycles. The Morgan fingerprint density at radius 2 is 1.97 bits per heavy atom. The summed E-state index contributed by atoms with van der Waals surface area (Å²) in [6, 6.07) is 15.6. The lowest BCUT2D eigenvalue weighted by Crippen LogP contribution is -2.55. The fourth-order valence-corrected chi connectivity index (χ4v) is 5.12. The number of ether oxygens (including phenoxy) is 1. The van der Waals surface area contributed by atoms with Gasteiger partial charge in [0.25, 0.3) is 11.8 Å². The number of nitrogens with zero attached hydrogens (tertiary/aromatic N) is 1. The van der Waals surface area contributed by atoms with Crippen LogP contribution in [-0.4, -0.2) is 48.4 Å². The summed E-state index contributed by atoms with van der Waals surface area (Å²) in [6.45, 7) is 0.396. The van der Waals surface area contributed by atoms with Crippen LogP contribution in [0.1, 0.15) is 33.6 Å². The number of benzene rings is 2. The minimum absolute atomic E-state index is 0.160. The molecular formula is C25H23N3O4S. The molecule has 168 valence electrons. The smallest absolute Gasteiger partial charge is 0.256 e. The molecule has 2 aliphatic heterocycles. The Morgan fingerprint density at radius 1 is 1.15 bits per heavy atom. The molecule has 8 heteroatoms. The van der Waals surface area contributed by atoms with Crippen molar-refractivity contribution in [1.29, 1.82) is 0 Å². The van der Waals surface area contributed by atoms with Crippen molar-refractivity contribution in [2.45, 2.75) is 24.9 Å². The van der Waals surface area contributed by atoms with Gasteiger partial charge in [-0.25, -0.2) is 0 Å². The van der Waals surface area contributed by atoms with Crippen molar-refractivity contribution in [3.8, 4) is 16.2 Å². The van der Waals surface area contributed by atoms with E-state index in [1.165, 1.54) is 0 Å². The SMILES string of the molecule is COc1ccc(C(=O)NC2CCN3C(=O)c4cc(-c5cccs5)ccc4NC(=O)C3C2)cc1. The second-order valence-electron chi connectivity index (χ2n) is 8.16. The predicted octanol–water partition coefficient (Wildman–Crippen LogP) is 3.78. The molecule has 2 N–H and O–H groups in total. The first-order valence-corrected chi connectivity index (χ1v) is 11.7. The van der Waals surface area contributed by atoms with Crippen LogP contribution in [-0.2, 0) is 4.79 Å². The minimum atomic E-state index is -0.634. The van der Waals surface area contributed by atoms with Crippen LogP contribution in [0, 0.1) is 0 Å². The molecule has 3 heterocycles. The number of anilines is 1. The average Bonchev–Trinajstić information content (AvgIpc) is 3.36. The van der Waals surface area contributed by atoms with Crippen LogP contribution in [0.15, 0.2) is 60.0 Å². The van der Waals surface area contributed by atoms with Gasteiger partial charge in [-0.05, 0) is 66.2 Å². The van der Waals surface area contributed by atoms with Crippen LogP contribution in [0.4, 0.5) is 5.69 Å². The van der Waals surface area contributed by atoms with Crippen molar-refractivity contribution in [3.05, 3.63) is 71.1 Å². The molecule has 0 spiro atoms.